The van der Waals surface area contributed by atoms with Crippen LogP contribution in [0.3, 0.4) is 0 Å². The maximum Gasteiger partial charge on any atom is 0.330 e. The van der Waals surface area contributed by atoms with Crippen LogP contribution in [0.2, 0.25) is 0 Å². The molecule has 3 aromatic rings. The van der Waals surface area contributed by atoms with Gasteiger partial charge in [-0.15, -0.1) is 0 Å². The molecule has 0 unspecified atom stereocenters. The Kier molecular flexibility index (Phi) is 5.13. The number of ether oxygens (including phenoxy) is 2. The van der Waals surface area contributed by atoms with Crippen LogP contribution < -0.4 is 19.9 Å². The molecule has 0 radical (unpaired) electrons. The van der Waals surface area contributed by atoms with Crippen molar-refractivity contribution in [2.45, 2.75) is 19.0 Å². The van der Waals surface area contributed by atoms with Crippen molar-refractivity contribution >= 4 is 29.2 Å². The van der Waals surface area contributed by atoms with E-state index in [-0.39, 0.29) is 12.1 Å². The number of fused-ring (bicyclic) bond motifs is 1. The number of urea groups is 1. The minimum Gasteiger partial charge on any atom is -0.497 e. The van der Waals surface area contributed by atoms with E-state index in [0.29, 0.717) is 31.5 Å². The molecule has 2 aliphatic heterocycles. The van der Waals surface area contributed by atoms with Crippen LogP contribution in [-0.4, -0.2) is 42.4 Å². The number of nitrogens with one attached hydrogen (secondary N) is 1. The Morgan fingerprint density at radius 1 is 1.13 bits per heavy atom. The van der Waals surface area contributed by atoms with Crippen LogP contribution in [0, 0.1) is 0 Å². The predicted octanol–water partition coefficient (Wildman–Crippen LogP) is 3.96. The summed E-state index contributed by atoms with van der Waals surface area (Å²) in [6.07, 6.45) is 2.56. The van der Waals surface area contributed by atoms with E-state index in [2.05, 4.69) is 10.3 Å². The highest BCUT2D eigenvalue weighted by Gasteiger charge is 2.39. The molecule has 1 aromatic heterocycles. The summed E-state index contributed by atoms with van der Waals surface area (Å²) >= 11 is 0. The van der Waals surface area contributed by atoms with Gasteiger partial charge in [0.05, 0.1) is 26.3 Å². The van der Waals surface area contributed by atoms with Gasteiger partial charge >= 0.3 is 6.03 Å². The molecular formula is C23H23N5O3. The number of para-hydroxylation sites is 1. The molecule has 1 atom stereocenters. The van der Waals surface area contributed by atoms with Crippen molar-refractivity contribution in [2.75, 3.05) is 35.4 Å². The molecular weight excluding hydrogens is 394 g/mol. The third-order valence-corrected chi connectivity index (χ3v) is 5.52. The standard InChI is InChI=1S/C23H23N5O3/c1-30-20-9-7-18(8-10-20)27-14-16-13-24-22(25-17-5-3-2-4-6-17)26-21(16)28(23(27)29)19-11-12-31-15-19/h2-10,13,19H,11-12,14-15H2,1H3,(H,24,25,26)/t19-/m0/s1. The van der Waals surface area contributed by atoms with Crippen molar-refractivity contribution in [3.63, 3.8) is 0 Å². The maximum atomic E-state index is 13.6. The summed E-state index contributed by atoms with van der Waals surface area (Å²) in [5, 5.41) is 3.22. The monoisotopic (exact) mass is 417 g/mol. The van der Waals surface area contributed by atoms with E-state index in [1.807, 2.05) is 54.6 Å². The summed E-state index contributed by atoms with van der Waals surface area (Å²) in [7, 11) is 1.62. The predicted molar refractivity (Wildman–Crippen MR) is 118 cm³/mol. The lowest BCUT2D eigenvalue weighted by atomic mass is 10.1. The summed E-state index contributed by atoms with van der Waals surface area (Å²) in [5.74, 6) is 1.84. The van der Waals surface area contributed by atoms with Crippen molar-refractivity contribution < 1.29 is 14.3 Å². The van der Waals surface area contributed by atoms with Crippen molar-refractivity contribution in [1.29, 1.82) is 0 Å². The number of nitrogens with zero attached hydrogens (tertiary/aromatic N) is 4. The quantitative estimate of drug-likeness (QED) is 0.677. The molecule has 8 heteroatoms. The lowest BCUT2D eigenvalue weighted by molar-refractivity contribution is 0.192. The van der Waals surface area contributed by atoms with E-state index in [4.69, 9.17) is 14.5 Å². The zero-order valence-corrected chi connectivity index (χ0v) is 17.2. The van der Waals surface area contributed by atoms with E-state index in [0.717, 1.165) is 29.1 Å². The zero-order valence-electron chi connectivity index (χ0n) is 17.2. The SMILES string of the molecule is COc1ccc(N2Cc3cnc(Nc4ccccc4)nc3N([C@H]3CCOC3)C2=O)cc1. The first-order chi connectivity index (χ1) is 15.2. The third kappa shape index (κ3) is 3.77. The van der Waals surface area contributed by atoms with Crippen molar-refractivity contribution in [1.82, 2.24) is 9.97 Å². The van der Waals surface area contributed by atoms with E-state index < -0.39 is 0 Å². The average molecular weight is 417 g/mol. The second kappa shape index (κ2) is 8.23. The molecule has 2 amide bonds. The fraction of sp³-hybridized carbons (Fsp3) is 0.261. The lowest BCUT2D eigenvalue weighted by Crippen LogP contribution is -2.52. The van der Waals surface area contributed by atoms with E-state index >= 15 is 0 Å². The van der Waals surface area contributed by atoms with Crippen molar-refractivity contribution in [2.24, 2.45) is 0 Å². The molecule has 0 saturated carbocycles. The van der Waals surface area contributed by atoms with Gasteiger partial charge in [0.25, 0.3) is 0 Å². The fourth-order valence-electron chi connectivity index (χ4n) is 3.91. The Labute approximate surface area is 180 Å². The van der Waals surface area contributed by atoms with Gasteiger partial charge in [0, 0.05) is 29.7 Å². The van der Waals surface area contributed by atoms with Crippen LogP contribution in [0.15, 0.2) is 60.8 Å². The number of hydrogen-bond donors (Lipinski definition) is 1. The van der Waals surface area contributed by atoms with E-state index in [9.17, 15) is 4.79 Å². The number of anilines is 4. The molecule has 2 aromatic carbocycles. The molecule has 1 N–H and O–H groups in total. The smallest absolute Gasteiger partial charge is 0.330 e. The molecule has 158 valence electrons. The number of amides is 2. The van der Waals surface area contributed by atoms with Gasteiger partial charge in [0.1, 0.15) is 11.6 Å². The molecule has 1 saturated heterocycles. The van der Waals surface area contributed by atoms with Gasteiger partial charge in [-0.3, -0.25) is 9.80 Å². The molecule has 31 heavy (non-hydrogen) atoms. The maximum absolute atomic E-state index is 13.6. The Morgan fingerprint density at radius 2 is 1.94 bits per heavy atom. The number of benzene rings is 2. The number of hydrogen-bond acceptors (Lipinski definition) is 6. The van der Waals surface area contributed by atoms with Crippen molar-refractivity contribution in [3.05, 3.63) is 66.4 Å². The number of aromatic nitrogens is 2. The Morgan fingerprint density at radius 3 is 2.65 bits per heavy atom. The first kappa shape index (κ1) is 19.3. The molecule has 1 fully saturated rings. The summed E-state index contributed by atoms with van der Waals surface area (Å²) < 4.78 is 10.8. The molecule has 8 nitrogen and oxygen atoms in total. The van der Waals surface area contributed by atoms with Crippen LogP contribution >= 0.6 is 0 Å². The molecule has 0 spiro atoms. The van der Waals surface area contributed by atoms with Gasteiger partial charge in [-0.1, -0.05) is 18.2 Å². The third-order valence-electron chi connectivity index (χ3n) is 5.52. The molecule has 5 rings (SSSR count). The zero-order chi connectivity index (χ0) is 21.2. The van der Waals surface area contributed by atoms with Gasteiger partial charge in [-0.2, -0.15) is 4.98 Å². The Hall–Kier alpha value is -3.65. The summed E-state index contributed by atoms with van der Waals surface area (Å²) in [5.41, 5.74) is 2.58. The number of carbonyl (C=O) groups is 1. The van der Waals surface area contributed by atoms with Crippen LogP contribution in [0.25, 0.3) is 0 Å². The lowest BCUT2D eigenvalue weighted by Gasteiger charge is -2.38. The number of rotatable bonds is 5. The van der Waals surface area contributed by atoms with E-state index in [1.54, 1.807) is 23.1 Å². The van der Waals surface area contributed by atoms with Gasteiger partial charge in [-0.25, -0.2) is 9.78 Å². The highest BCUT2D eigenvalue weighted by molar-refractivity contribution is 6.06. The van der Waals surface area contributed by atoms with Crippen LogP contribution in [0.4, 0.5) is 27.9 Å². The second-order valence-electron chi connectivity index (χ2n) is 7.49. The molecule has 0 bridgehead atoms. The molecule has 0 aliphatic carbocycles. The van der Waals surface area contributed by atoms with Crippen molar-refractivity contribution in [3.8, 4) is 5.75 Å². The molecule has 2 aliphatic rings. The highest BCUT2D eigenvalue weighted by Crippen LogP contribution is 2.34. The van der Waals surface area contributed by atoms with Crippen LogP contribution in [0.5, 0.6) is 5.75 Å². The van der Waals surface area contributed by atoms with Crippen LogP contribution in [0.1, 0.15) is 12.0 Å². The number of methoxy groups -OCH3 is 1. The second-order valence-corrected chi connectivity index (χ2v) is 7.49. The van der Waals surface area contributed by atoms with Gasteiger partial charge in [-0.05, 0) is 42.8 Å². The minimum atomic E-state index is -0.113. The largest absolute Gasteiger partial charge is 0.497 e. The minimum absolute atomic E-state index is 0.0632. The van der Waals surface area contributed by atoms with Crippen LogP contribution in [-0.2, 0) is 11.3 Å². The Bertz CT molecular complexity index is 1070. The normalized spacial score (nSPS) is 18.1. The summed E-state index contributed by atoms with van der Waals surface area (Å²) in [6, 6.07) is 17.0. The van der Waals surface area contributed by atoms with Gasteiger partial charge < -0.3 is 14.8 Å². The van der Waals surface area contributed by atoms with Gasteiger partial charge in [0.2, 0.25) is 5.95 Å². The highest BCUT2D eigenvalue weighted by atomic mass is 16.5. The van der Waals surface area contributed by atoms with Gasteiger partial charge in [0.15, 0.2) is 0 Å². The average Bonchev–Trinajstić information content (AvgIpc) is 3.34. The first-order valence-corrected chi connectivity index (χ1v) is 10.2. The first-order valence-electron chi connectivity index (χ1n) is 10.2. The number of carbonyl (C=O) groups excluding carboxylic acids is 1. The fourth-order valence-corrected chi connectivity index (χ4v) is 3.91. The summed E-state index contributed by atoms with van der Waals surface area (Å²) in [4.78, 5) is 26.3. The molecule has 3 heterocycles. The summed E-state index contributed by atoms with van der Waals surface area (Å²) in [6.45, 7) is 1.52. The Balaban J connectivity index is 1.51. The topological polar surface area (TPSA) is 79.8 Å². The van der Waals surface area contributed by atoms with E-state index in [1.165, 1.54) is 0 Å².